The van der Waals surface area contributed by atoms with Crippen molar-refractivity contribution < 1.29 is 0 Å². The first-order chi connectivity index (χ1) is 7.11. The van der Waals surface area contributed by atoms with E-state index < -0.39 is 0 Å². The van der Waals surface area contributed by atoms with Crippen molar-refractivity contribution in [3.63, 3.8) is 0 Å². The molecule has 84 valence electrons. The van der Waals surface area contributed by atoms with Crippen LogP contribution in [0.2, 0.25) is 0 Å². The first-order valence-corrected chi connectivity index (χ1v) is 6.13. The highest BCUT2D eigenvalue weighted by molar-refractivity contribution is 7.71. The van der Waals surface area contributed by atoms with E-state index in [-0.39, 0.29) is 0 Å². The summed E-state index contributed by atoms with van der Waals surface area (Å²) >= 11 is 5.24. The van der Waals surface area contributed by atoms with E-state index in [1.165, 1.54) is 32.1 Å². The number of aromatic amines is 1. The summed E-state index contributed by atoms with van der Waals surface area (Å²) < 4.78 is 2.90. The second-order valence-corrected chi connectivity index (χ2v) is 5.42. The van der Waals surface area contributed by atoms with Gasteiger partial charge in [-0.3, -0.25) is 5.10 Å². The van der Waals surface area contributed by atoms with Crippen molar-refractivity contribution in [3.8, 4) is 0 Å². The van der Waals surface area contributed by atoms with Gasteiger partial charge >= 0.3 is 0 Å². The maximum atomic E-state index is 5.24. The summed E-state index contributed by atoms with van der Waals surface area (Å²) in [6, 6.07) is 0. The Morgan fingerprint density at radius 3 is 2.60 bits per heavy atom. The molecule has 1 aromatic heterocycles. The van der Waals surface area contributed by atoms with Crippen molar-refractivity contribution in [1.29, 1.82) is 0 Å². The number of nitrogens with one attached hydrogen (secondary N) is 1. The van der Waals surface area contributed by atoms with Gasteiger partial charge < -0.3 is 4.57 Å². The lowest BCUT2D eigenvalue weighted by Crippen LogP contribution is -2.26. The molecule has 0 spiro atoms. The maximum absolute atomic E-state index is 5.24. The monoisotopic (exact) mass is 225 g/mol. The quantitative estimate of drug-likeness (QED) is 0.784. The van der Waals surface area contributed by atoms with E-state index in [0.717, 1.165) is 17.1 Å². The van der Waals surface area contributed by atoms with Gasteiger partial charge in [0.15, 0.2) is 4.77 Å². The van der Waals surface area contributed by atoms with Crippen LogP contribution in [-0.2, 0) is 6.54 Å². The maximum Gasteiger partial charge on any atom is 0.195 e. The molecule has 1 aliphatic carbocycles. The molecule has 1 N–H and O–H groups in total. The van der Waals surface area contributed by atoms with E-state index in [9.17, 15) is 0 Å². The molecule has 4 heteroatoms. The Balaban J connectivity index is 2.17. The summed E-state index contributed by atoms with van der Waals surface area (Å²) in [7, 11) is 0. The van der Waals surface area contributed by atoms with Crippen LogP contribution in [0.5, 0.6) is 0 Å². The molecule has 2 rings (SSSR count). The predicted octanol–water partition coefficient (Wildman–Crippen LogP) is 3.22. The molecule has 1 aliphatic rings. The van der Waals surface area contributed by atoms with Crippen molar-refractivity contribution in [2.24, 2.45) is 5.41 Å². The number of aromatic nitrogens is 3. The summed E-state index contributed by atoms with van der Waals surface area (Å²) in [5, 5.41) is 7.02. The van der Waals surface area contributed by atoms with Crippen molar-refractivity contribution >= 4 is 12.2 Å². The van der Waals surface area contributed by atoms with Crippen LogP contribution in [0.3, 0.4) is 0 Å². The zero-order valence-electron chi connectivity index (χ0n) is 9.55. The molecule has 0 saturated heterocycles. The van der Waals surface area contributed by atoms with Gasteiger partial charge in [0.25, 0.3) is 0 Å². The van der Waals surface area contributed by atoms with Crippen molar-refractivity contribution in [3.05, 3.63) is 10.6 Å². The molecule has 0 bridgehead atoms. The highest BCUT2D eigenvalue weighted by atomic mass is 32.1. The Labute approximate surface area is 95.9 Å². The minimum atomic E-state index is 0.422. The number of aryl methyl sites for hydroxylation is 1. The summed E-state index contributed by atoms with van der Waals surface area (Å²) in [5.74, 6) is 1.01. The molecule has 0 aliphatic heterocycles. The number of H-pyrrole nitrogens is 1. The molecule has 1 fully saturated rings. The van der Waals surface area contributed by atoms with Gasteiger partial charge in [0.2, 0.25) is 0 Å². The van der Waals surface area contributed by atoms with E-state index >= 15 is 0 Å². The Hall–Kier alpha value is -0.640. The molecule has 0 radical (unpaired) electrons. The lowest BCUT2D eigenvalue weighted by Gasteiger charge is -2.33. The molecule has 15 heavy (non-hydrogen) atoms. The van der Waals surface area contributed by atoms with Crippen LogP contribution in [0.15, 0.2) is 0 Å². The van der Waals surface area contributed by atoms with Gasteiger partial charge in [-0.05, 0) is 37.4 Å². The second kappa shape index (κ2) is 4.08. The third-order valence-corrected chi connectivity index (χ3v) is 3.86. The van der Waals surface area contributed by atoms with Crippen LogP contribution < -0.4 is 0 Å². The fraction of sp³-hybridized carbons (Fsp3) is 0.818. The lowest BCUT2D eigenvalue weighted by atomic mass is 9.75. The van der Waals surface area contributed by atoms with E-state index in [1.54, 1.807) is 0 Å². The molecule has 1 aromatic rings. The van der Waals surface area contributed by atoms with Crippen molar-refractivity contribution in [1.82, 2.24) is 14.8 Å². The fourth-order valence-corrected chi connectivity index (χ4v) is 2.77. The minimum absolute atomic E-state index is 0.422. The highest BCUT2D eigenvalue weighted by Gasteiger charge is 2.27. The Bertz CT molecular complexity index is 385. The van der Waals surface area contributed by atoms with E-state index in [0.29, 0.717) is 5.41 Å². The molecule has 1 heterocycles. The summed E-state index contributed by atoms with van der Waals surface area (Å²) in [4.78, 5) is 0. The normalized spacial score (nSPS) is 20.4. The van der Waals surface area contributed by atoms with Crippen LogP contribution in [0.4, 0.5) is 0 Å². The van der Waals surface area contributed by atoms with Crippen LogP contribution >= 0.6 is 12.2 Å². The topological polar surface area (TPSA) is 33.6 Å². The van der Waals surface area contributed by atoms with Gasteiger partial charge in [-0.2, -0.15) is 5.10 Å². The first kappa shape index (κ1) is 10.9. The smallest absolute Gasteiger partial charge is 0.195 e. The van der Waals surface area contributed by atoms with Gasteiger partial charge in [-0.1, -0.05) is 26.2 Å². The molecule has 0 atom stereocenters. The molecular formula is C11H19N3S. The van der Waals surface area contributed by atoms with Crippen LogP contribution in [-0.4, -0.2) is 14.8 Å². The minimum Gasteiger partial charge on any atom is -0.304 e. The molecular weight excluding hydrogens is 206 g/mol. The van der Waals surface area contributed by atoms with Crippen molar-refractivity contribution in [2.45, 2.75) is 52.5 Å². The Morgan fingerprint density at radius 1 is 1.40 bits per heavy atom. The fourth-order valence-electron chi connectivity index (χ4n) is 2.53. The van der Waals surface area contributed by atoms with Crippen LogP contribution in [0.25, 0.3) is 0 Å². The Morgan fingerprint density at radius 2 is 2.07 bits per heavy atom. The average molecular weight is 225 g/mol. The molecule has 1 saturated carbocycles. The van der Waals surface area contributed by atoms with Gasteiger partial charge in [0.1, 0.15) is 5.82 Å². The number of hydrogen-bond donors (Lipinski definition) is 1. The lowest BCUT2D eigenvalue weighted by molar-refractivity contribution is 0.181. The average Bonchev–Trinajstić information content (AvgIpc) is 2.50. The highest BCUT2D eigenvalue weighted by Crippen LogP contribution is 2.37. The SMILES string of the molecule is Cc1n[nH]c(=S)n1CC1(C)CCCCC1. The largest absolute Gasteiger partial charge is 0.304 e. The summed E-state index contributed by atoms with van der Waals surface area (Å²) in [6.07, 6.45) is 6.76. The first-order valence-electron chi connectivity index (χ1n) is 5.73. The van der Waals surface area contributed by atoms with Crippen LogP contribution in [0, 0.1) is 17.1 Å². The van der Waals surface area contributed by atoms with Gasteiger partial charge in [-0.15, -0.1) is 0 Å². The predicted molar refractivity (Wildman–Crippen MR) is 63.3 cm³/mol. The van der Waals surface area contributed by atoms with E-state index in [2.05, 4.69) is 21.7 Å². The Kier molecular flexibility index (Phi) is 2.96. The zero-order valence-corrected chi connectivity index (χ0v) is 10.4. The standard InChI is InChI=1S/C11H19N3S/c1-9-12-13-10(15)14(9)8-11(2)6-4-3-5-7-11/h3-8H2,1-2H3,(H,13,15). The molecule has 0 unspecified atom stereocenters. The van der Waals surface area contributed by atoms with Gasteiger partial charge in [0, 0.05) is 6.54 Å². The molecule has 3 nitrogen and oxygen atoms in total. The third kappa shape index (κ3) is 2.30. The van der Waals surface area contributed by atoms with Gasteiger partial charge in [-0.25, -0.2) is 0 Å². The third-order valence-electron chi connectivity index (χ3n) is 3.55. The number of hydrogen-bond acceptors (Lipinski definition) is 2. The summed E-state index contributed by atoms with van der Waals surface area (Å²) in [6.45, 7) is 5.41. The van der Waals surface area contributed by atoms with Gasteiger partial charge in [0.05, 0.1) is 0 Å². The second-order valence-electron chi connectivity index (χ2n) is 5.03. The van der Waals surface area contributed by atoms with E-state index in [1.807, 2.05) is 6.92 Å². The summed E-state index contributed by atoms with van der Waals surface area (Å²) in [5.41, 5.74) is 0.422. The number of nitrogens with zero attached hydrogens (tertiary/aromatic N) is 2. The molecule has 0 aromatic carbocycles. The number of rotatable bonds is 2. The molecule has 0 amide bonds. The zero-order chi connectivity index (χ0) is 10.9. The van der Waals surface area contributed by atoms with Crippen LogP contribution in [0.1, 0.15) is 44.9 Å². The van der Waals surface area contributed by atoms with Crippen molar-refractivity contribution in [2.75, 3.05) is 0 Å². The van der Waals surface area contributed by atoms with E-state index in [4.69, 9.17) is 12.2 Å².